The maximum absolute atomic E-state index is 12.9. The summed E-state index contributed by atoms with van der Waals surface area (Å²) in [7, 11) is 0. The van der Waals surface area contributed by atoms with Crippen molar-refractivity contribution in [3.8, 4) is 0 Å². The number of amides is 1. The molecular formula is C12H13BrF3N3O2. The zero-order valence-corrected chi connectivity index (χ0v) is 12.3. The number of hydrogen-bond acceptors (Lipinski definition) is 3. The molecule has 4 N–H and O–H groups in total. The fraction of sp³-hybridized carbons (Fsp3) is 0.333. The van der Waals surface area contributed by atoms with E-state index in [2.05, 4.69) is 26.4 Å². The molecule has 0 radical (unpaired) electrons. The van der Waals surface area contributed by atoms with Crippen molar-refractivity contribution in [1.29, 1.82) is 0 Å². The van der Waals surface area contributed by atoms with E-state index in [-0.39, 0.29) is 23.3 Å². The topological polar surface area (TPSA) is 87.7 Å². The molecule has 0 aliphatic carbocycles. The first-order chi connectivity index (χ1) is 9.75. The zero-order valence-electron chi connectivity index (χ0n) is 10.7. The number of rotatable bonds is 5. The van der Waals surface area contributed by atoms with Crippen molar-refractivity contribution in [2.75, 3.05) is 6.54 Å². The van der Waals surface area contributed by atoms with Gasteiger partial charge in [0.25, 0.3) is 5.91 Å². The smallest absolute Gasteiger partial charge is 0.409 e. The number of nitrogens with one attached hydrogen (secondary N) is 1. The lowest BCUT2D eigenvalue weighted by Gasteiger charge is -2.13. The number of hydrogen-bond donors (Lipinski definition) is 3. The number of alkyl halides is 3. The summed E-state index contributed by atoms with van der Waals surface area (Å²) in [5.41, 5.74) is 3.77. The highest BCUT2D eigenvalue weighted by Crippen LogP contribution is 2.33. The predicted octanol–water partition coefficient (Wildman–Crippen LogP) is 2.72. The van der Waals surface area contributed by atoms with Crippen molar-refractivity contribution in [2.24, 2.45) is 10.9 Å². The van der Waals surface area contributed by atoms with Gasteiger partial charge in [0.15, 0.2) is 0 Å². The summed E-state index contributed by atoms with van der Waals surface area (Å²) >= 11 is 2.94. The molecule has 0 saturated heterocycles. The van der Waals surface area contributed by atoms with Gasteiger partial charge in [-0.2, -0.15) is 13.2 Å². The molecule has 0 bridgehead atoms. The Balaban J connectivity index is 2.75. The van der Waals surface area contributed by atoms with E-state index < -0.39 is 23.2 Å². The fourth-order valence-corrected chi connectivity index (χ4v) is 1.93. The molecule has 0 unspecified atom stereocenters. The van der Waals surface area contributed by atoms with Gasteiger partial charge in [0.05, 0.1) is 11.1 Å². The van der Waals surface area contributed by atoms with Gasteiger partial charge < -0.3 is 16.3 Å². The van der Waals surface area contributed by atoms with Gasteiger partial charge >= 0.3 is 6.18 Å². The van der Waals surface area contributed by atoms with E-state index in [1.54, 1.807) is 0 Å². The van der Waals surface area contributed by atoms with Gasteiger partial charge in [0.1, 0.15) is 5.84 Å². The first kappa shape index (κ1) is 17.3. The molecule has 1 aromatic rings. The summed E-state index contributed by atoms with van der Waals surface area (Å²) in [6.45, 7) is 0.114. The highest BCUT2D eigenvalue weighted by atomic mass is 79.9. The molecule has 0 saturated carbocycles. The Hall–Kier alpha value is -1.77. The first-order valence-corrected chi connectivity index (χ1v) is 6.66. The number of nitrogens with zero attached hydrogens (tertiary/aromatic N) is 1. The highest BCUT2D eigenvalue weighted by Gasteiger charge is 2.35. The summed E-state index contributed by atoms with van der Waals surface area (Å²) in [4.78, 5) is 11.8. The largest absolute Gasteiger partial charge is 0.417 e. The number of amidine groups is 1. The normalized spacial score (nSPS) is 12.3. The minimum atomic E-state index is -4.62. The van der Waals surface area contributed by atoms with E-state index in [1.165, 1.54) is 6.07 Å². The fourth-order valence-electron chi connectivity index (χ4n) is 1.57. The van der Waals surface area contributed by atoms with Crippen LogP contribution in [0.15, 0.2) is 27.8 Å². The Bertz CT molecular complexity index is 547. The van der Waals surface area contributed by atoms with Crippen LogP contribution in [-0.4, -0.2) is 23.5 Å². The summed E-state index contributed by atoms with van der Waals surface area (Å²) in [5, 5.41) is 13.4. The van der Waals surface area contributed by atoms with E-state index in [1.807, 2.05) is 0 Å². The van der Waals surface area contributed by atoms with Gasteiger partial charge in [-0.1, -0.05) is 21.1 Å². The second-order valence-corrected chi connectivity index (χ2v) is 5.05. The molecule has 0 fully saturated rings. The molecule has 0 spiro atoms. The van der Waals surface area contributed by atoms with Crippen molar-refractivity contribution < 1.29 is 23.2 Å². The van der Waals surface area contributed by atoms with Crippen LogP contribution in [0.2, 0.25) is 0 Å². The molecule has 5 nitrogen and oxygen atoms in total. The summed E-state index contributed by atoms with van der Waals surface area (Å²) in [6, 6.07) is 3.32. The number of halogens is 4. The van der Waals surface area contributed by atoms with Gasteiger partial charge in [-0.15, -0.1) is 0 Å². The van der Waals surface area contributed by atoms with Crippen molar-refractivity contribution in [3.05, 3.63) is 33.8 Å². The standard InChI is InChI=1S/C12H13BrF3N3O2/c13-7-3-4-8(9(6-7)12(14,15)16)11(20)18-5-1-2-10(17)19-21/h3-4,6,21H,1-2,5H2,(H2,17,19)(H,18,20). The van der Waals surface area contributed by atoms with Crippen LogP contribution < -0.4 is 11.1 Å². The number of nitrogens with two attached hydrogens (primary N) is 1. The van der Waals surface area contributed by atoms with Crippen LogP contribution in [0.3, 0.4) is 0 Å². The van der Waals surface area contributed by atoms with Crippen molar-refractivity contribution in [3.63, 3.8) is 0 Å². The third kappa shape index (κ3) is 5.25. The van der Waals surface area contributed by atoms with Crippen LogP contribution in [0.25, 0.3) is 0 Å². The zero-order chi connectivity index (χ0) is 16.0. The summed E-state index contributed by atoms with van der Waals surface area (Å²) < 4.78 is 38.8. The third-order valence-corrected chi connectivity index (χ3v) is 3.05. The van der Waals surface area contributed by atoms with Crippen molar-refractivity contribution in [1.82, 2.24) is 5.32 Å². The quantitative estimate of drug-likeness (QED) is 0.246. The van der Waals surface area contributed by atoms with Crippen LogP contribution in [0.1, 0.15) is 28.8 Å². The molecule has 116 valence electrons. The second-order valence-electron chi connectivity index (χ2n) is 4.14. The van der Waals surface area contributed by atoms with Crippen LogP contribution in [0.4, 0.5) is 13.2 Å². The van der Waals surface area contributed by atoms with Gasteiger partial charge in [0.2, 0.25) is 0 Å². The molecule has 1 rings (SSSR count). The van der Waals surface area contributed by atoms with Crippen LogP contribution in [0, 0.1) is 0 Å². The van der Waals surface area contributed by atoms with E-state index in [9.17, 15) is 18.0 Å². The molecule has 1 amide bonds. The van der Waals surface area contributed by atoms with Gasteiger partial charge in [-0.25, -0.2) is 0 Å². The molecular weight excluding hydrogens is 355 g/mol. The Kier molecular flexibility index (Phi) is 6.01. The Morgan fingerprint density at radius 3 is 2.67 bits per heavy atom. The van der Waals surface area contributed by atoms with Gasteiger partial charge in [-0.3, -0.25) is 4.79 Å². The summed E-state index contributed by atoms with van der Waals surface area (Å²) in [6.07, 6.45) is -4.05. The maximum atomic E-state index is 12.9. The van der Waals surface area contributed by atoms with Crippen molar-refractivity contribution in [2.45, 2.75) is 19.0 Å². The molecule has 0 aromatic heterocycles. The van der Waals surface area contributed by atoms with E-state index in [0.29, 0.717) is 6.42 Å². The lowest BCUT2D eigenvalue weighted by molar-refractivity contribution is -0.138. The predicted molar refractivity (Wildman–Crippen MR) is 74.1 cm³/mol. The van der Waals surface area contributed by atoms with E-state index >= 15 is 0 Å². The number of carbonyl (C=O) groups is 1. The molecule has 0 heterocycles. The Morgan fingerprint density at radius 1 is 1.43 bits per heavy atom. The molecule has 0 aliphatic rings. The van der Waals surface area contributed by atoms with Crippen LogP contribution in [-0.2, 0) is 6.18 Å². The van der Waals surface area contributed by atoms with Crippen LogP contribution in [0.5, 0.6) is 0 Å². The molecule has 0 aliphatic heterocycles. The lowest BCUT2D eigenvalue weighted by Crippen LogP contribution is -2.28. The Labute approximate surface area is 127 Å². The highest BCUT2D eigenvalue weighted by molar-refractivity contribution is 9.10. The minimum absolute atomic E-state index is 0.0103. The minimum Gasteiger partial charge on any atom is -0.409 e. The average Bonchev–Trinajstić information content (AvgIpc) is 2.41. The number of carbonyl (C=O) groups excluding carboxylic acids is 1. The monoisotopic (exact) mass is 367 g/mol. The average molecular weight is 368 g/mol. The van der Waals surface area contributed by atoms with Gasteiger partial charge in [-0.05, 0) is 24.6 Å². The molecule has 9 heteroatoms. The summed E-state index contributed by atoms with van der Waals surface area (Å²) in [5.74, 6) is -0.835. The lowest BCUT2D eigenvalue weighted by atomic mass is 10.1. The first-order valence-electron chi connectivity index (χ1n) is 5.87. The van der Waals surface area contributed by atoms with Crippen LogP contribution >= 0.6 is 15.9 Å². The number of oxime groups is 1. The molecule has 21 heavy (non-hydrogen) atoms. The number of benzene rings is 1. The third-order valence-electron chi connectivity index (χ3n) is 2.56. The molecule has 1 aromatic carbocycles. The SMILES string of the molecule is N/C(CCCNC(=O)c1ccc(Br)cc1C(F)(F)F)=N/O. The van der Waals surface area contributed by atoms with Gasteiger partial charge in [0, 0.05) is 17.4 Å². The van der Waals surface area contributed by atoms with E-state index in [4.69, 9.17) is 10.9 Å². The van der Waals surface area contributed by atoms with E-state index in [0.717, 1.165) is 12.1 Å². The van der Waals surface area contributed by atoms with Crippen molar-refractivity contribution >= 4 is 27.7 Å². The second kappa shape index (κ2) is 7.30. The molecule has 0 atom stereocenters. The maximum Gasteiger partial charge on any atom is 0.417 e. The Morgan fingerprint density at radius 2 is 2.10 bits per heavy atom.